The second kappa shape index (κ2) is 4.10. The van der Waals surface area contributed by atoms with Crippen molar-refractivity contribution in [3.8, 4) is 0 Å². The van der Waals surface area contributed by atoms with E-state index in [0.29, 0.717) is 12.5 Å². The average molecular weight is 156 g/mol. The molecule has 0 aromatic rings. The second-order valence-corrected chi connectivity index (χ2v) is 4.25. The number of aliphatic hydroxyl groups is 1. The lowest BCUT2D eigenvalue weighted by molar-refractivity contribution is 0.0811. The van der Waals surface area contributed by atoms with E-state index in [4.69, 9.17) is 5.11 Å². The molecular weight excluding hydrogens is 136 g/mol. The smallest absolute Gasteiger partial charge is 0.0461 e. The third kappa shape index (κ3) is 2.48. The first kappa shape index (κ1) is 9.05. The van der Waals surface area contributed by atoms with Crippen LogP contribution in [0, 0.1) is 17.8 Å². The SMILES string of the molecule is CC(C)CCC1CCC1CO. The van der Waals surface area contributed by atoms with Crippen LogP contribution in [0.15, 0.2) is 0 Å². The van der Waals surface area contributed by atoms with Gasteiger partial charge in [0.1, 0.15) is 0 Å². The van der Waals surface area contributed by atoms with Crippen LogP contribution in [0.25, 0.3) is 0 Å². The van der Waals surface area contributed by atoms with Crippen LogP contribution in [0.4, 0.5) is 0 Å². The molecule has 2 atom stereocenters. The molecule has 1 aliphatic rings. The van der Waals surface area contributed by atoms with Crippen molar-refractivity contribution >= 4 is 0 Å². The first-order chi connectivity index (χ1) is 5.24. The van der Waals surface area contributed by atoms with E-state index in [1.807, 2.05) is 0 Å². The van der Waals surface area contributed by atoms with Crippen LogP contribution in [-0.2, 0) is 0 Å². The van der Waals surface area contributed by atoms with E-state index < -0.39 is 0 Å². The Bertz CT molecular complexity index is 107. The molecule has 11 heavy (non-hydrogen) atoms. The summed E-state index contributed by atoms with van der Waals surface area (Å²) in [5.41, 5.74) is 0. The molecule has 0 heterocycles. The van der Waals surface area contributed by atoms with Crippen molar-refractivity contribution in [3.63, 3.8) is 0 Å². The Morgan fingerprint density at radius 3 is 2.27 bits per heavy atom. The third-order valence-electron chi connectivity index (χ3n) is 2.92. The van der Waals surface area contributed by atoms with E-state index >= 15 is 0 Å². The van der Waals surface area contributed by atoms with E-state index in [-0.39, 0.29) is 0 Å². The number of aliphatic hydroxyl groups excluding tert-OH is 1. The third-order valence-corrected chi connectivity index (χ3v) is 2.92. The minimum atomic E-state index is 0.419. The van der Waals surface area contributed by atoms with Crippen LogP contribution in [0.1, 0.15) is 39.5 Å². The Morgan fingerprint density at radius 2 is 1.91 bits per heavy atom. The maximum absolute atomic E-state index is 8.92. The van der Waals surface area contributed by atoms with Crippen LogP contribution < -0.4 is 0 Å². The molecule has 1 aliphatic carbocycles. The van der Waals surface area contributed by atoms with E-state index in [1.165, 1.54) is 25.7 Å². The summed E-state index contributed by atoms with van der Waals surface area (Å²) in [6.45, 7) is 4.96. The normalized spacial score (nSPS) is 30.5. The summed E-state index contributed by atoms with van der Waals surface area (Å²) < 4.78 is 0. The Hall–Kier alpha value is -0.0400. The zero-order valence-corrected chi connectivity index (χ0v) is 7.71. The average Bonchev–Trinajstić information content (AvgIpc) is 1.86. The standard InChI is InChI=1S/C10H20O/c1-8(2)3-4-9-5-6-10(9)7-11/h8-11H,3-7H2,1-2H3. The van der Waals surface area contributed by atoms with Gasteiger partial charge in [0, 0.05) is 6.61 Å². The van der Waals surface area contributed by atoms with Gasteiger partial charge in [0.05, 0.1) is 0 Å². The molecular formula is C10H20O. The predicted octanol–water partition coefficient (Wildman–Crippen LogP) is 2.44. The van der Waals surface area contributed by atoms with Gasteiger partial charge < -0.3 is 5.11 Å². The summed E-state index contributed by atoms with van der Waals surface area (Å²) >= 11 is 0. The van der Waals surface area contributed by atoms with E-state index in [1.54, 1.807) is 0 Å². The molecule has 0 aromatic heterocycles. The highest BCUT2D eigenvalue weighted by Crippen LogP contribution is 2.37. The summed E-state index contributed by atoms with van der Waals surface area (Å²) in [5.74, 6) is 2.33. The van der Waals surface area contributed by atoms with Crippen LogP contribution in [0.5, 0.6) is 0 Å². The van der Waals surface area contributed by atoms with Crippen molar-refractivity contribution < 1.29 is 5.11 Å². The van der Waals surface area contributed by atoms with Crippen molar-refractivity contribution in [2.24, 2.45) is 17.8 Å². The molecule has 0 amide bonds. The molecule has 0 radical (unpaired) electrons. The number of hydrogen-bond donors (Lipinski definition) is 1. The van der Waals surface area contributed by atoms with Crippen molar-refractivity contribution in [1.29, 1.82) is 0 Å². The highest BCUT2D eigenvalue weighted by Gasteiger charge is 2.29. The van der Waals surface area contributed by atoms with Gasteiger partial charge >= 0.3 is 0 Å². The lowest BCUT2D eigenvalue weighted by Crippen LogP contribution is -2.28. The fraction of sp³-hybridized carbons (Fsp3) is 1.00. The molecule has 0 spiro atoms. The Morgan fingerprint density at radius 1 is 1.27 bits per heavy atom. The molecule has 1 nitrogen and oxygen atoms in total. The molecule has 1 heteroatoms. The number of hydrogen-bond acceptors (Lipinski definition) is 1. The molecule has 2 unspecified atom stereocenters. The van der Waals surface area contributed by atoms with Crippen LogP contribution in [0.3, 0.4) is 0 Å². The summed E-state index contributed by atoms with van der Waals surface area (Å²) in [6, 6.07) is 0. The van der Waals surface area contributed by atoms with E-state index in [2.05, 4.69) is 13.8 Å². The van der Waals surface area contributed by atoms with Crippen LogP contribution in [0.2, 0.25) is 0 Å². The van der Waals surface area contributed by atoms with Crippen LogP contribution >= 0.6 is 0 Å². The molecule has 0 aromatic carbocycles. The molecule has 0 bridgehead atoms. The molecule has 1 rings (SSSR count). The molecule has 66 valence electrons. The topological polar surface area (TPSA) is 20.2 Å². The maximum atomic E-state index is 8.92. The highest BCUT2D eigenvalue weighted by molar-refractivity contribution is 4.79. The van der Waals surface area contributed by atoms with Gasteiger partial charge in [-0.25, -0.2) is 0 Å². The van der Waals surface area contributed by atoms with Crippen molar-refractivity contribution in [3.05, 3.63) is 0 Å². The Kier molecular flexibility index (Phi) is 3.38. The van der Waals surface area contributed by atoms with Gasteiger partial charge in [0.15, 0.2) is 0 Å². The van der Waals surface area contributed by atoms with Gasteiger partial charge in [0.25, 0.3) is 0 Å². The van der Waals surface area contributed by atoms with Crippen LogP contribution in [-0.4, -0.2) is 11.7 Å². The van der Waals surface area contributed by atoms with E-state index in [0.717, 1.165) is 11.8 Å². The lowest BCUT2D eigenvalue weighted by atomic mass is 9.71. The van der Waals surface area contributed by atoms with Gasteiger partial charge in [0.2, 0.25) is 0 Å². The fourth-order valence-corrected chi connectivity index (χ4v) is 1.81. The van der Waals surface area contributed by atoms with E-state index in [9.17, 15) is 0 Å². The minimum absolute atomic E-state index is 0.419. The van der Waals surface area contributed by atoms with Gasteiger partial charge in [-0.05, 0) is 37.0 Å². The molecule has 0 saturated heterocycles. The second-order valence-electron chi connectivity index (χ2n) is 4.25. The monoisotopic (exact) mass is 156 g/mol. The molecule has 0 aliphatic heterocycles. The maximum Gasteiger partial charge on any atom is 0.0461 e. The lowest BCUT2D eigenvalue weighted by Gasteiger charge is -2.35. The van der Waals surface area contributed by atoms with Gasteiger partial charge in [-0.15, -0.1) is 0 Å². The van der Waals surface area contributed by atoms with Gasteiger partial charge in [-0.2, -0.15) is 0 Å². The fourth-order valence-electron chi connectivity index (χ4n) is 1.81. The largest absolute Gasteiger partial charge is 0.396 e. The Balaban J connectivity index is 2.07. The molecule has 1 saturated carbocycles. The quantitative estimate of drug-likeness (QED) is 0.663. The summed E-state index contributed by atoms with van der Waals surface area (Å²) in [7, 11) is 0. The summed E-state index contributed by atoms with van der Waals surface area (Å²) in [5, 5.41) is 8.92. The van der Waals surface area contributed by atoms with Gasteiger partial charge in [-0.3, -0.25) is 0 Å². The first-order valence-electron chi connectivity index (χ1n) is 4.85. The highest BCUT2D eigenvalue weighted by atomic mass is 16.3. The summed E-state index contributed by atoms with van der Waals surface area (Å²) in [4.78, 5) is 0. The van der Waals surface area contributed by atoms with Crippen molar-refractivity contribution in [2.75, 3.05) is 6.61 Å². The first-order valence-corrected chi connectivity index (χ1v) is 4.85. The summed E-state index contributed by atoms with van der Waals surface area (Å²) in [6.07, 6.45) is 5.29. The zero-order chi connectivity index (χ0) is 8.27. The van der Waals surface area contributed by atoms with Gasteiger partial charge in [-0.1, -0.05) is 20.3 Å². The van der Waals surface area contributed by atoms with Crippen molar-refractivity contribution in [1.82, 2.24) is 0 Å². The Labute approximate surface area is 69.8 Å². The van der Waals surface area contributed by atoms with Crippen molar-refractivity contribution in [2.45, 2.75) is 39.5 Å². The zero-order valence-electron chi connectivity index (χ0n) is 7.71. The minimum Gasteiger partial charge on any atom is -0.396 e. The molecule has 1 N–H and O–H groups in total. The predicted molar refractivity (Wildman–Crippen MR) is 47.4 cm³/mol. The molecule has 1 fully saturated rings. The number of rotatable bonds is 4.